The highest BCUT2D eigenvalue weighted by Gasteiger charge is 2.17. The number of nitrogens with zero attached hydrogens (tertiary/aromatic N) is 2. The van der Waals surface area contributed by atoms with E-state index in [9.17, 15) is 4.79 Å². The number of esters is 1. The molecule has 0 unspecified atom stereocenters. The smallest absolute Gasteiger partial charge is 0.313 e. The Bertz CT molecular complexity index is 953. The van der Waals surface area contributed by atoms with Crippen LogP contribution >= 0.6 is 11.3 Å². The minimum absolute atomic E-state index is 0.0420. The number of rotatable bonds is 6. The lowest BCUT2D eigenvalue weighted by Crippen LogP contribution is -2.11. The zero-order valence-electron chi connectivity index (χ0n) is 15.3. The van der Waals surface area contributed by atoms with Crippen molar-refractivity contribution >= 4 is 39.0 Å². The fourth-order valence-electron chi connectivity index (χ4n) is 2.68. The first-order valence-corrected chi connectivity index (χ1v) is 9.17. The molecule has 0 bridgehead atoms. The van der Waals surface area contributed by atoms with Gasteiger partial charge in [0.1, 0.15) is 28.6 Å². The van der Waals surface area contributed by atoms with E-state index in [0.717, 1.165) is 27.2 Å². The fourth-order valence-corrected chi connectivity index (χ4v) is 3.73. The predicted molar refractivity (Wildman–Crippen MR) is 104 cm³/mol. The number of para-hydroxylation sites is 2. The maximum atomic E-state index is 11.9. The number of carbonyl (C=O) groups is 1. The molecule has 26 heavy (non-hydrogen) atoms. The molecule has 0 saturated heterocycles. The fraction of sp³-hybridized carbons (Fsp3) is 0.316. The average Bonchev–Trinajstić information content (AvgIpc) is 2.90. The number of fused-ring (bicyclic) bond motifs is 1. The first-order valence-electron chi connectivity index (χ1n) is 8.35. The van der Waals surface area contributed by atoms with Gasteiger partial charge in [0.2, 0.25) is 0 Å². The largest absolute Gasteiger partial charge is 0.495 e. The number of thiophene rings is 1. The highest BCUT2D eigenvalue weighted by atomic mass is 32.1. The monoisotopic (exact) mass is 371 g/mol. The van der Waals surface area contributed by atoms with Crippen LogP contribution in [0.3, 0.4) is 0 Å². The Labute approximate surface area is 156 Å². The maximum absolute atomic E-state index is 11.9. The number of carbonyl (C=O) groups excluding carboxylic acids is 1. The highest BCUT2D eigenvalue weighted by Crippen LogP contribution is 2.36. The van der Waals surface area contributed by atoms with Crippen molar-refractivity contribution < 1.29 is 14.3 Å². The number of aryl methyl sites for hydroxylation is 2. The van der Waals surface area contributed by atoms with Crippen molar-refractivity contribution in [1.29, 1.82) is 0 Å². The van der Waals surface area contributed by atoms with Crippen molar-refractivity contribution in [2.75, 3.05) is 19.0 Å². The van der Waals surface area contributed by atoms with Crippen LogP contribution in [0.1, 0.15) is 23.2 Å². The quantitative estimate of drug-likeness (QED) is 0.656. The Morgan fingerprint density at radius 2 is 2.00 bits per heavy atom. The van der Waals surface area contributed by atoms with Gasteiger partial charge in [-0.15, -0.1) is 11.3 Å². The third-order valence-electron chi connectivity index (χ3n) is 4.04. The van der Waals surface area contributed by atoms with E-state index in [1.54, 1.807) is 25.4 Å². The molecule has 3 aromatic rings. The summed E-state index contributed by atoms with van der Waals surface area (Å²) in [5.41, 5.74) is 1.94. The number of anilines is 2. The standard InChI is InChI=1S/C19H21N3O3S/c1-5-25-16(23)10-15-21-18(17-11(2)12(3)26-19(17)22-15)20-13-8-6-7-9-14(13)24-4/h6-9H,5,10H2,1-4H3,(H,20,21,22). The van der Waals surface area contributed by atoms with Crippen molar-refractivity contribution in [2.45, 2.75) is 27.2 Å². The van der Waals surface area contributed by atoms with Crippen molar-refractivity contribution in [2.24, 2.45) is 0 Å². The minimum atomic E-state index is -0.333. The van der Waals surface area contributed by atoms with E-state index in [1.165, 1.54) is 4.88 Å². The average molecular weight is 371 g/mol. The van der Waals surface area contributed by atoms with Crippen LogP contribution in [0, 0.1) is 13.8 Å². The van der Waals surface area contributed by atoms with Gasteiger partial charge in [-0.25, -0.2) is 9.97 Å². The number of aromatic nitrogens is 2. The normalized spacial score (nSPS) is 10.8. The van der Waals surface area contributed by atoms with Crippen LogP contribution in [-0.4, -0.2) is 29.7 Å². The molecule has 6 nitrogen and oxygen atoms in total. The summed E-state index contributed by atoms with van der Waals surface area (Å²) in [6.07, 6.45) is 0.0420. The molecular weight excluding hydrogens is 350 g/mol. The molecule has 2 aromatic heterocycles. The van der Waals surface area contributed by atoms with Crippen molar-refractivity contribution in [3.8, 4) is 5.75 Å². The van der Waals surface area contributed by atoms with Gasteiger partial charge in [-0.3, -0.25) is 4.79 Å². The molecule has 1 aromatic carbocycles. The Balaban J connectivity index is 2.07. The number of hydrogen-bond acceptors (Lipinski definition) is 7. The molecule has 7 heteroatoms. The van der Waals surface area contributed by atoms with Gasteiger partial charge in [0.15, 0.2) is 0 Å². The predicted octanol–water partition coefficient (Wildman–Crippen LogP) is 4.17. The second-order valence-corrected chi connectivity index (χ2v) is 6.96. The molecule has 0 spiro atoms. The van der Waals surface area contributed by atoms with E-state index in [2.05, 4.69) is 29.1 Å². The summed E-state index contributed by atoms with van der Waals surface area (Å²) >= 11 is 1.59. The van der Waals surface area contributed by atoms with Gasteiger partial charge >= 0.3 is 5.97 Å². The molecule has 136 valence electrons. The Hall–Kier alpha value is -2.67. The Morgan fingerprint density at radius 1 is 1.23 bits per heavy atom. The van der Waals surface area contributed by atoms with Crippen LogP contribution in [0.25, 0.3) is 10.2 Å². The number of nitrogens with one attached hydrogen (secondary N) is 1. The molecule has 0 radical (unpaired) electrons. The molecule has 2 heterocycles. The highest BCUT2D eigenvalue weighted by molar-refractivity contribution is 7.18. The number of hydrogen-bond donors (Lipinski definition) is 1. The van der Waals surface area contributed by atoms with Crippen LogP contribution in [-0.2, 0) is 16.0 Å². The summed E-state index contributed by atoms with van der Waals surface area (Å²) in [6.45, 7) is 6.22. The third-order valence-corrected chi connectivity index (χ3v) is 5.14. The molecule has 0 atom stereocenters. The molecule has 3 rings (SSSR count). The van der Waals surface area contributed by atoms with Gasteiger partial charge in [0.05, 0.1) is 24.8 Å². The van der Waals surface area contributed by atoms with Crippen molar-refractivity contribution in [3.63, 3.8) is 0 Å². The molecule has 0 fully saturated rings. The van der Waals surface area contributed by atoms with E-state index < -0.39 is 0 Å². The van der Waals surface area contributed by atoms with Crippen LogP contribution in [0.4, 0.5) is 11.5 Å². The topological polar surface area (TPSA) is 73.3 Å². The zero-order chi connectivity index (χ0) is 18.7. The van der Waals surface area contributed by atoms with Crippen LogP contribution in [0.5, 0.6) is 5.75 Å². The van der Waals surface area contributed by atoms with Crippen LogP contribution < -0.4 is 10.1 Å². The van der Waals surface area contributed by atoms with Gasteiger partial charge in [0, 0.05) is 4.88 Å². The first-order chi connectivity index (χ1) is 12.5. The number of benzene rings is 1. The molecule has 0 amide bonds. The SMILES string of the molecule is CCOC(=O)Cc1nc(Nc2ccccc2OC)c2c(C)c(C)sc2n1. The van der Waals surface area contributed by atoms with Gasteiger partial charge in [0.25, 0.3) is 0 Å². The van der Waals surface area contributed by atoms with Crippen molar-refractivity contribution in [3.05, 3.63) is 40.5 Å². The lowest BCUT2D eigenvalue weighted by Gasteiger charge is -2.12. The molecular formula is C19H21N3O3S. The molecule has 0 aliphatic carbocycles. The van der Waals surface area contributed by atoms with E-state index >= 15 is 0 Å². The molecule has 0 aliphatic rings. The zero-order valence-corrected chi connectivity index (χ0v) is 16.1. The summed E-state index contributed by atoms with van der Waals surface area (Å²) in [5.74, 6) is 1.49. The maximum Gasteiger partial charge on any atom is 0.313 e. The molecule has 0 saturated carbocycles. The van der Waals surface area contributed by atoms with Gasteiger partial charge < -0.3 is 14.8 Å². The van der Waals surface area contributed by atoms with E-state index in [-0.39, 0.29) is 12.4 Å². The van der Waals surface area contributed by atoms with Gasteiger partial charge in [-0.2, -0.15) is 0 Å². The Kier molecular flexibility index (Phi) is 5.37. The second-order valence-electron chi connectivity index (χ2n) is 5.76. The van der Waals surface area contributed by atoms with Crippen LogP contribution in [0.2, 0.25) is 0 Å². The first kappa shape index (κ1) is 18.1. The number of methoxy groups -OCH3 is 1. The van der Waals surface area contributed by atoms with E-state index in [4.69, 9.17) is 9.47 Å². The lowest BCUT2D eigenvalue weighted by molar-refractivity contribution is -0.142. The summed E-state index contributed by atoms with van der Waals surface area (Å²) in [5, 5.41) is 4.31. The minimum Gasteiger partial charge on any atom is -0.495 e. The molecule has 0 aliphatic heterocycles. The van der Waals surface area contributed by atoms with Gasteiger partial charge in [-0.05, 0) is 38.5 Å². The third kappa shape index (κ3) is 3.62. The summed E-state index contributed by atoms with van der Waals surface area (Å²) < 4.78 is 10.4. The lowest BCUT2D eigenvalue weighted by atomic mass is 10.2. The Morgan fingerprint density at radius 3 is 2.73 bits per heavy atom. The number of ether oxygens (including phenoxy) is 2. The second kappa shape index (κ2) is 7.70. The molecule has 1 N–H and O–H groups in total. The van der Waals surface area contributed by atoms with E-state index in [0.29, 0.717) is 18.2 Å². The summed E-state index contributed by atoms with van der Waals surface area (Å²) in [6, 6.07) is 7.64. The van der Waals surface area contributed by atoms with Gasteiger partial charge in [-0.1, -0.05) is 12.1 Å². The van der Waals surface area contributed by atoms with E-state index in [1.807, 2.05) is 24.3 Å². The van der Waals surface area contributed by atoms with Crippen molar-refractivity contribution in [1.82, 2.24) is 9.97 Å². The summed E-state index contributed by atoms with van der Waals surface area (Å²) in [4.78, 5) is 23.0. The summed E-state index contributed by atoms with van der Waals surface area (Å²) in [7, 11) is 1.63. The van der Waals surface area contributed by atoms with Crippen LogP contribution in [0.15, 0.2) is 24.3 Å².